The van der Waals surface area contributed by atoms with E-state index in [1.165, 1.54) is 0 Å². The summed E-state index contributed by atoms with van der Waals surface area (Å²) in [7, 11) is 0. The summed E-state index contributed by atoms with van der Waals surface area (Å²) in [6, 6.07) is 7.15. The van der Waals surface area contributed by atoms with Crippen LogP contribution in [0, 0.1) is 0 Å². The summed E-state index contributed by atoms with van der Waals surface area (Å²) in [5.74, 6) is 0.490. The van der Waals surface area contributed by atoms with Crippen molar-refractivity contribution in [2.24, 2.45) is 5.73 Å². The summed E-state index contributed by atoms with van der Waals surface area (Å²) in [5, 5.41) is 3.35. The molecule has 2 amide bonds. The van der Waals surface area contributed by atoms with Gasteiger partial charge in [-0.05, 0) is 36.6 Å². The number of carbonyl (C=O) groups excluding carboxylic acids is 2. The van der Waals surface area contributed by atoms with Gasteiger partial charge in [0.2, 0.25) is 11.8 Å². The summed E-state index contributed by atoms with van der Waals surface area (Å²) in [5.41, 5.74) is 6.86. The maximum Gasteiger partial charge on any atom is 0.242 e. The first kappa shape index (κ1) is 19.9. The number of nitrogens with two attached hydrogens (primary N) is 1. The Morgan fingerprint density at radius 3 is 2.68 bits per heavy atom. The molecule has 1 aliphatic rings. The lowest BCUT2D eigenvalue weighted by Crippen LogP contribution is -2.52. The summed E-state index contributed by atoms with van der Waals surface area (Å²) >= 11 is 7.67. The summed E-state index contributed by atoms with van der Waals surface area (Å²) in [6.07, 6.45) is 2.58. The highest BCUT2D eigenvalue weighted by Crippen LogP contribution is 2.20. The third kappa shape index (κ3) is 6.09. The van der Waals surface area contributed by atoms with Gasteiger partial charge in [-0.3, -0.25) is 9.59 Å². The number of rotatable bonds is 7. The van der Waals surface area contributed by atoms with E-state index in [-0.39, 0.29) is 18.4 Å². The smallest absolute Gasteiger partial charge is 0.242 e. The van der Waals surface area contributed by atoms with Gasteiger partial charge in [-0.1, -0.05) is 17.7 Å². The Morgan fingerprint density at radius 1 is 1.32 bits per heavy atom. The largest absolute Gasteiger partial charge is 0.368 e. The van der Waals surface area contributed by atoms with E-state index in [9.17, 15) is 9.59 Å². The van der Waals surface area contributed by atoms with Crippen LogP contribution in [0.3, 0.4) is 0 Å². The van der Waals surface area contributed by atoms with E-state index >= 15 is 0 Å². The van der Waals surface area contributed by atoms with Gasteiger partial charge >= 0.3 is 0 Å². The minimum atomic E-state index is -0.556. The molecule has 0 aromatic heterocycles. The molecule has 1 heterocycles. The fraction of sp³-hybridized carbons (Fsp3) is 0.529. The van der Waals surface area contributed by atoms with Crippen LogP contribution < -0.4 is 16.0 Å². The number of piperazine rings is 1. The van der Waals surface area contributed by atoms with E-state index < -0.39 is 6.04 Å². The number of anilines is 1. The number of nitrogens with one attached hydrogen (secondary N) is 1. The van der Waals surface area contributed by atoms with E-state index in [2.05, 4.69) is 10.2 Å². The number of halogens is 1. The quantitative estimate of drug-likeness (QED) is 0.738. The van der Waals surface area contributed by atoms with Crippen LogP contribution in [0.25, 0.3) is 0 Å². The topological polar surface area (TPSA) is 78.7 Å². The van der Waals surface area contributed by atoms with Gasteiger partial charge in [-0.15, -0.1) is 0 Å². The van der Waals surface area contributed by atoms with E-state index in [4.69, 9.17) is 17.3 Å². The lowest BCUT2D eigenvalue weighted by Gasteiger charge is -2.36. The third-order valence-corrected chi connectivity index (χ3v) is 5.07. The Bertz CT molecular complexity index is 594. The van der Waals surface area contributed by atoms with Crippen molar-refractivity contribution >= 4 is 40.9 Å². The van der Waals surface area contributed by atoms with Crippen LogP contribution in [-0.2, 0) is 9.59 Å². The van der Waals surface area contributed by atoms with Gasteiger partial charge in [0.15, 0.2) is 0 Å². The highest BCUT2D eigenvalue weighted by molar-refractivity contribution is 7.98. The zero-order valence-electron chi connectivity index (χ0n) is 14.4. The normalized spacial score (nSPS) is 15.8. The second-order valence-electron chi connectivity index (χ2n) is 5.95. The number of amides is 2. The molecule has 3 N–H and O–H groups in total. The number of thioether (sulfide) groups is 1. The second kappa shape index (κ2) is 9.89. The zero-order valence-corrected chi connectivity index (χ0v) is 16.0. The molecule has 138 valence electrons. The molecule has 0 radical (unpaired) electrons. The van der Waals surface area contributed by atoms with Gasteiger partial charge in [0, 0.05) is 36.9 Å². The summed E-state index contributed by atoms with van der Waals surface area (Å²) in [4.78, 5) is 28.1. The van der Waals surface area contributed by atoms with E-state index in [0.717, 1.165) is 24.5 Å². The van der Waals surface area contributed by atoms with Gasteiger partial charge in [0.1, 0.15) is 0 Å². The maximum absolute atomic E-state index is 12.3. The fourth-order valence-corrected chi connectivity index (χ4v) is 3.34. The van der Waals surface area contributed by atoms with Gasteiger partial charge in [0.05, 0.1) is 12.6 Å². The number of benzene rings is 1. The maximum atomic E-state index is 12.3. The highest BCUT2D eigenvalue weighted by Gasteiger charge is 2.22. The second-order valence-corrected chi connectivity index (χ2v) is 7.38. The van der Waals surface area contributed by atoms with Crippen LogP contribution in [0.5, 0.6) is 0 Å². The van der Waals surface area contributed by atoms with Gasteiger partial charge in [0.25, 0.3) is 0 Å². The minimum Gasteiger partial charge on any atom is -0.368 e. The Morgan fingerprint density at radius 2 is 2.04 bits per heavy atom. The first-order valence-electron chi connectivity index (χ1n) is 8.32. The summed E-state index contributed by atoms with van der Waals surface area (Å²) < 4.78 is 0. The van der Waals surface area contributed by atoms with Crippen molar-refractivity contribution in [3.63, 3.8) is 0 Å². The van der Waals surface area contributed by atoms with Crippen LogP contribution in [0.2, 0.25) is 5.02 Å². The minimum absolute atomic E-state index is 0.00294. The predicted molar refractivity (Wildman–Crippen MR) is 104 cm³/mol. The molecule has 0 spiro atoms. The molecule has 1 atom stereocenters. The molecule has 8 heteroatoms. The molecule has 1 aromatic rings. The highest BCUT2D eigenvalue weighted by atomic mass is 35.5. The Hall–Kier alpha value is -1.44. The van der Waals surface area contributed by atoms with Crippen LogP contribution in [0.1, 0.15) is 6.42 Å². The van der Waals surface area contributed by atoms with Crippen LogP contribution in [0.15, 0.2) is 24.3 Å². The van der Waals surface area contributed by atoms with Crippen molar-refractivity contribution in [1.29, 1.82) is 0 Å². The van der Waals surface area contributed by atoms with Crippen molar-refractivity contribution in [1.82, 2.24) is 10.2 Å². The Labute approximate surface area is 158 Å². The molecule has 25 heavy (non-hydrogen) atoms. The molecule has 1 fully saturated rings. The lowest BCUT2D eigenvalue weighted by molar-refractivity contribution is -0.133. The first-order chi connectivity index (χ1) is 12.0. The molecule has 0 saturated carbocycles. The van der Waals surface area contributed by atoms with Gasteiger partial charge in [-0.25, -0.2) is 0 Å². The molecule has 1 aromatic carbocycles. The van der Waals surface area contributed by atoms with Crippen LogP contribution >= 0.6 is 23.4 Å². The number of hydrogen-bond acceptors (Lipinski definition) is 5. The van der Waals surface area contributed by atoms with Crippen molar-refractivity contribution < 1.29 is 9.59 Å². The molecule has 6 nitrogen and oxygen atoms in total. The Kier molecular flexibility index (Phi) is 7.87. The van der Waals surface area contributed by atoms with Crippen molar-refractivity contribution in [2.45, 2.75) is 12.5 Å². The predicted octanol–water partition coefficient (Wildman–Crippen LogP) is 1.19. The van der Waals surface area contributed by atoms with Crippen LogP contribution in [-0.4, -0.2) is 67.5 Å². The van der Waals surface area contributed by atoms with Crippen molar-refractivity contribution in [2.75, 3.05) is 49.6 Å². The molecular weight excluding hydrogens is 360 g/mol. The molecule has 0 aliphatic carbocycles. The van der Waals surface area contributed by atoms with Crippen LogP contribution in [0.4, 0.5) is 5.69 Å². The van der Waals surface area contributed by atoms with E-state index in [1.54, 1.807) is 16.7 Å². The molecule has 1 aliphatic heterocycles. The fourth-order valence-electron chi connectivity index (χ4n) is 2.67. The average Bonchev–Trinajstić information content (AvgIpc) is 2.64. The first-order valence-corrected chi connectivity index (χ1v) is 10.1. The molecule has 2 rings (SSSR count). The molecule has 1 saturated heterocycles. The number of hydrogen-bond donors (Lipinski definition) is 2. The average molecular weight is 385 g/mol. The zero-order chi connectivity index (χ0) is 18.2. The number of carbonyl (C=O) groups is 2. The molecule has 0 bridgehead atoms. The monoisotopic (exact) mass is 384 g/mol. The standard InChI is InChI=1S/C17H25ClN4O2S/c1-25-10-5-15(19)17(24)20-12-16(23)22-8-6-21(7-9-22)14-4-2-3-13(18)11-14/h2-4,11,15H,5-10,12,19H2,1H3,(H,20,24)/t15-/m0/s1. The lowest BCUT2D eigenvalue weighted by atomic mass is 10.2. The number of nitrogens with zero attached hydrogens (tertiary/aromatic N) is 2. The Balaban J connectivity index is 1.75. The molecule has 0 unspecified atom stereocenters. The summed E-state index contributed by atoms with van der Waals surface area (Å²) in [6.45, 7) is 2.74. The van der Waals surface area contributed by atoms with Gasteiger partial charge < -0.3 is 20.9 Å². The SMILES string of the molecule is CSCC[C@H](N)C(=O)NCC(=O)N1CCN(c2cccc(Cl)c2)CC1. The third-order valence-electron chi connectivity index (χ3n) is 4.19. The van der Waals surface area contributed by atoms with Crippen molar-refractivity contribution in [3.8, 4) is 0 Å². The van der Waals surface area contributed by atoms with Gasteiger partial charge in [-0.2, -0.15) is 11.8 Å². The van der Waals surface area contributed by atoms with E-state index in [1.807, 2.05) is 30.5 Å². The molecular formula is C17H25ClN4O2S. The van der Waals surface area contributed by atoms with Crippen molar-refractivity contribution in [3.05, 3.63) is 29.3 Å². The van der Waals surface area contributed by atoms with E-state index in [0.29, 0.717) is 24.5 Å².